The van der Waals surface area contributed by atoms with Gasteiger partial charge in [-0.25, -0.2) is 0 Å². The zero-order valence-corrected chi connectivity index (χ0v) is 10.1. The SMILES string of the molecule is CC(C)C1(CN2CCOCC2)CCCN1. The van der Waals surface area contributed by atoms with Crippen LogP contribution in [0.2, 0.25) is 0 Å². The maximum atomic E-state index is 5.40. The quantitative estimate of drug-likeness (QED) is 0.758. The number of nitrogens with zero attached hydrogens (tertiary/aromatic N) is 1. The Labute approximate surface area is 93.2 Å². The Morgan fingerprint density at radius 2 is 2.07 bits per heavy atom. The second kappa shape index (κ2) is 4.81. The molecule has 2 aliphatic rings. The number of rotatable bonds is 3. The second-order valence-corrected chi connectivity index (χ2v) is 5.23. The summed E-state index contributed by atoms with van der Waals surface area (Å²) in [6.45, 7) is 11.1. The van der Waals surface area contributed by atoms with E-state index in [4.69, 9.17) is 4.74 Å². The molecule has 3 heteroatoms. The van der Waals surface area contributed by atoms with Gasteiger partial charge in [-0.2, -0.15) is 0 Å². The van der Waals surface area contributed by atoms with Crippen molar-refractivity contribution in [2.75, 3.05) is 39.4 Å². The van der Waals surface area contributed by atoms with E-state index < -0.39 is 0 Å². The first-order valence-electron chi connectivity index (χ1n) is 6.28. The summed E-state index contributed by atoms with van der Waals surface area (Å²) in [5, 5.41) is 3.73. The fraction of sp³-hybridized carbons (Fsp3) is 1.00. The Bertz CT molecular complexity index is 194. The van der Waals surface area contributed by atoms with E-state index in [1.165, 1.54) is 25.9 Å². The van der Waals surface area contributed by atoms with Crippen molar-refractivity contribution in [2.45, 2.75) is 32.2 Å². The van der Waals surface area contributed by atoms with Gasteiger partial charge in [-0.1, -0.05) is 13.8 Å². The molecule has 2 rings (SSSR count). The van der Waals surface area contributed by atoms with Crippen LogP contribution in [-0.4, -0.2) is 49.8 Å². The molecular weight excluding hydrogens is 188 g/mol. The van der Waals surface area contributed by atoms with Crippen LogP contribution in [0.5, 0.6) is 0 Å². The van der Waals surface area contributed by atoms with E-state index in [1.807, 2.05) is 0 Å². The molecule has 0 amide bonds. The van der Waals surface area contributed by atoms with E-state index >= 15 is 0 Å². The normalized spacial score (nSPS) is 33.8. The van der Waals surface area contributed by atoms with Gasteiger partial charge in [-0.15, -0.1) is 0 Å². The summed E-state index contributed by atoms with van der Waals surface area (Å²) in [4.78, 5) is 2.56. The van der Waals surface area contributed by atoms with Gasteiger partial charge < -0.3 is 10.1 Å². The van der Waals surface area contributed by atoms with Crippen molar-refractivity contribution in [2.24, 2.45) is 5.92 Å². The van der Waals surface area contributed by atoms with Crippen LogP contribution in [-0.2, 0) is 4.74 Å². The molecule has 3 nitrogen and oxygen atoms in total. The molecule has 0 aliphatic carbocycles. The van der Waals surface area contributed by atoms with Crippen LogP contribution < -0.4 is 5.32 Å². The third kappa shape index (κ3) is 2.52. The third-order valence-electron chi connectivity index (χ3n) is 3.99. The first kappa shape index (κ1) is 11.4. The Morgan fingerprint density at radius 3 is 2.60 bits per heavy atom. The summed E-state index contributed by atoms with van der Waals surface area (Å²) in [5.74, 6) is 0.725. The van der Waals surface area contributed by atoms with Gasteiger partial charge in [-0.3, -0.25) is 4.90 Å². The molecule has 88 valence electrons. The molecule has 1 atom stereocenters. The summed E-state index contributed by atoms with van der Waals surface area (Å²) in [7, 11) is 0. The Hall–Kier alpha value is -0.120. The maximum Gasteiger partial charge on any atom is 0.0594 e. The molecule has 1 N–H and O–H groups in total. The number of nitrogens with one attached hydrogen (secondary N) is 1. The number of morpholine rings is 1. The topological polar surface area (TPSA) is 24.5 Å². The average molecular weight is 212 g/mol. The molecule has 0 aromatic heterocycles. The van der Waals surface area contributed by atoms with Gasteiger partial charge in [0.15, 0.2) is 0 Å². The van der Waals surface area contributed by atoms with Crippen molar-refractivity contribution in [1.29, 1.82) is 0 Å². The van der Waals surface area contributed by atoms with Gasteiger partial charge in [-0.05, 0) is 25.3 Å². The van der Waals surface area contributed by atoms with Gasteiger partial charge in [0.05, 0.1) is 13.2 Å². The minimum absolute atomic E-state index is 0.372. The molecule has 0 aromatic rings. The van der Waals surface area contributed by atoms with Crippen LogP contribution in [0.25, 0.3) is 0 Å². The number of ether oxygens (including phenoxy) is 1. The smallest absolute Gasteiger partial charge is 0.0594 e. The summed E-state index contributed by atoms with van der Waals surface area (Å²) in [5.41, 5.74) is 0.372. The van der Waals surface area contributed by atoms with E-state index in [-0.39, 0.29) is 0 Å². The van der Waals surface area contributed by atoms with Crippen molar-refractivity contribution < 1.29 is 4.74 Å². The van der Waals surface area contributed by atoms with E-state index in [1.54, 1.807) is 0 Å². The minimum atomic E-state index is 0.372. The highest BCUT2D eigenvalue weighted by atomic mass is 16.5. The van der Waals surface area contributed by atoms with E-state index in [0.29, 0.717) is 5.54 Å². The lowest BCUT2D eigenvalue weighted by molar-refractivity contribution is 0.0197. The minimum Gasteiger partial charge on any atom is -0.379 e. The molecule has 0 bridgehead atoms. The summed E-state index contributed by atoms with van der Waals surface area (Å²) in [6.07, 6.45) is 2.67. The van der Waals surface area contributed by atoms with Crippen LogP contribution in [0.4, 0.5) is 0 Å². The lowest BCUT2D eigenvalue weighted by atomic mass is 9.84. The molecule has 2 saturated heterocycles. The van der Waals surface area contributed by atoms with Crippen molar-refractivity contribution in [3.8, 4) is 0 Å². The van der Waals surface area contributed by atoms with Gasteiger partial charge in [0.25, 0.3) is 0 Å². The fourth-order valence-corrected chi connectivity index (χ4v) is 2.80. The Kier molecular flexibility index (Phi) is 3.65. The van der Waals surface area contributed by atoms with Crippen molar-refractivity contribution >= 4 is 0 Å². The van der Waals surface area contributed by atoms with Crippen molar-refractivity contribution in [3.63, 3.8) is 0 Å². The van der Waals surface area contributed by atoms with Gasteiger partial charge in [0, 0.05) is 25.2 Å². The molecule has 15 heavy (non-hydrogen) atoms. The van der Waals surface area contributed by atoms with Crippen LogP contribution in [0.1, 0.15) is 26.7 Å². The van der Waals surface area contributed by atoms with Crippen molar-refractivity contribution in [1.82, 2.24) is 10.2 Å². The van der Waals surface area contributed by atoms with E-state index in [9.17, 15) is 0 Å². The van der Waals surface area contributed by atoms with Crippen LogP contribution in [0, 0.1) is 5.92 Å². The standard InChI is InChI=1S/C12H24N2O/c1-11(2)12(4-3-5-13-12)10-14-6-8-15-9-7-14/h11,13H,3-10H2,1-2H3. The zero-order valence-electron chi connectivity index (χ0n) is 10.1. The summed E-state index contributed by atoms with van der Waals surface area (Å²) in [6, 6.07) is 0. The molecule has 2 heterocycles. The molecule has 0 spiro atoms. The van der Waals surface area contributed by atoms with E-state index in [0.717, 1.165) is 32.2 Å². The number of hydrogen-bond donors (Lipinski definition) is 1. The van der Waals surface area contributed by atoms with Gasteiger partial charge in [0.2, 0.25) is 0 Å². The largest absolute Gasteiger partial charge is 0.379 e. The molecular formula is C12H24N2O. The highest BCUT2D eigenvalue weighted by molar-refractivity contribution is 4.98. The molecule has 0 saturated carbocycles. The Morgan fingerprint density at radius 1 is 1.33 bits per heavy atom. The zero-order chi connectivity index (χ0) is 10.7. The van der Waals surface area contributed by atoms with Crippen LogP contribution in [0.3, 0.4) is 0 Å². The molecule has 2 fully saturated rings. The maximum absolute atomic E-state index is 5.40. The van der Waals surface area contributed by atoms with Crippen LogP contribution in [0.15, 0.2) is 0 Å². The van der Waals surface area contributed by atoms with Gasteiger partial charge >= 0.3 is 0 Å². The first-order valence-corrected chi connectivity index (χ1v) is 6.28. The molecule has 0 radical (unpaired) electrons. The predicted octanol–water partition coefficient (Wildman–Crippen LogP) is 1.10. The first-order chi connectivity index (χ1) is 7.23. The fourth-order valence-electron chi connectivity index (χ4n) is 2.80. The summed E-state index contributed by atoms with van der Waals surface area (Å²) < 4.78 is 5.40. The third-order valence-corrected chi connectivity index (χ3v) is 3.99. The van der Waals surface area contributed by atoms with Crippen molar-refractivity contribution in [3.05, 3.63) is 0 Å². The second-order valence-electron chi connectivity index (χ2n) is 5.23. The van der Waals surface area contributed by atoms with E-state index in [2.05, 4.69) is 24.1 Å². The molecule has 1 unspecified atom stereocenters. The lowest BCUT2D eigenvalue weighted by Crippen LogP contribution is -2.55. The van der Waals surface area contributed by atoms with Gasteiger partial charge in [0.1, 0.15) is 0 Å². The number of hydrogen-bond acceptors (Lipinski definition) is 3. The summed E-state index contributed by atoms with van der Waals surface area (Å²) >= 11 is 0. The Balaban J connectivity index is 1.93. The highest BCUT2D eigenvalue weighted by Gasteiger charge is 2.38. The predicted molar refractivity (Wildman–Crippen MR) is 62.1 cm³/mol. The monoisotopic (exact) mass is 212 g/mol. The highest BCUT2D eigenvalue weighted by Crippen LogP contribution is 2.28. The average Bonchev–Trinajstić information content (AvgIpc) is 2.69. The molecule has 0 aromatic carbocycles. The van der Waals surface area contributed by atoms with Crippen LogP contribution >= 0.6 is 0 Å². The molecule has 2 aliphatic heterocycles. The lowest BCUT2D eigenvalue weighted by Gasteiger charge is -2.40.